The highest BCUT2D eigenvalue weighted by atomic mass is 16.5. The second kappa shape index (κ2) is 1.76. The Labute approximate surface area is 61.8 Å². The van der Waals surface area contributed by atoms with Crippen LogP contribution in [0, 0.1) is 11.8 Å². The molecule has 5 aliphatic rings. The van der Waals surface area contributed by atoms with E-state index >= 15 is 0 Å². The number of ether oxygens (including phenoxy) is 1. The first kappa shape index (κ1) is 5.59. The van der Waals surface area contributed by atoms with Gasteiger partial charge in [-0.3, -0.25) is 0 Å². The normalized spacial score (nSPS) is 57.6. The summed E-state index contributed by atoms with van der Waals surface area (Å²) >= 11 is 0. The fraction of sp³-hybridized carbons (Fsp3) is 1.00. The van der Waals surface area contributed by atoms with Crippen LogP contribution < -0.4 is 0 Å². The standard InChI is InChI=1S/C9H14O/c1-3-8-7-2-4-9(10-8)6(1)5-7/h6-9H,1-5H2. The van der Waals surface area contributed by atoms with Crippen molar-refractivity contribution >= 4 is 0 Å². The minimum Gasteiger partial charge on any atom is -0.374 e. The topological polar surface area (TPSA) is 9.23 Å². The second-order valence-electron chi connectivity index (χ2n) is 4.12. The highest BCUT2D eigenvalue weighted by molar-refractivity contribution is 4.95. The summed E-state index contributed by atoms with van der Waals surface area (Å²) in [6, 6.07) is 0. The third-order valence-electron chi connectivity index (χ3n) is 3.65. The van der Waals surface area contributed by atoms with Gasteiger partial charge in [0, 0.05) is 0 Å². The molecule has 5 rings (SSSR count). The summed E-state index contributed by atoms with van der Waals surface area (Å²) in [7, 11) is 0. The quantitative estimate of drug-likeness (QED) is 0.497. The molecule has 0 aromatic rings. The Hall–Kier alpha value is -0.0400. The molecule has 0 aromatic heterocycles. The zero-order valence-corrected chi connectivity index (χ0v) is 6.25. The second-order valence-corrected chi connectivity index (χ2v) is 4.12. The van der Waals surface area contributed by atoms with Gasteiger partial charge < -0.3 is 4.74 Å². The number of hydrogen-bond acceptors (Lipinski definition) is 1. The number of fused-ring (bicyclic) bond motifs is 2. The van der Waals surface area contributed by atoms with Crippen LogP contribution in [0.3, 0.4) is 0 Å². The van der Waals surface area contributed by atoms with Gasteiger partial charge in [0.15, 0.2) is 0 Å². The minimum absolute atomic E-state index is 0.684. The lowest BCUT2D eigenvalue weighted by molar-refractivity contribution is -0.190. The van der Waals surface area contributed by atoms with Crippen LogP contribution in [0.2, 0.25) is 0 Å². The van der Waals surface area contributed by atoms with E-state index in [4.69, 9.17) is 4.74 Å². The largest absolute Gasteiger partial charge is 0.374 e. The smallest absolute Gasteiger partial charge is 0.0607 e. The van der Waals surface area contributed by atoms with Crippen LogP contribution in [-0.4, -0.2) is 12.2 Å². The summed E-state index contributed by atoms with van der Waals surface area (Å²) in [6.45, 7) is 0. The molecule has 0 amide bonds. The Balaban J connectivity index is 1.94. The van der Waals surface area contributed by atoms with Crippen molar-refractivity contribution in [2.24, 2.45) is 11.8 Å². The first-order valence-electron chi connectivity index (χ1n) is 4.59. The van der Waals surface area contributed by atoms with Crippen LogP contribution in [0.15, 0.2) is 0 Å². The molecule has 1 heteroatoms. The molecular weight excluding hydrogens is 124 g/mol. The van der Waals surface area contributed by atoms with E-state index in [0.29, 0.717) is 12.2 Å². The third-order valence-corrected chi connectivity index (χ3v) is 3.65. The maximum Gasteiger partial charge on any atom is 0.0607 e. The van der Waals surface area contributed by atoms with Gasteiger partial charge in [-0.1, -0.05) is 0 Å². The van der Waals surface area contributed by atoms with Gasteiger partial charge in [-0.2, -0.15) is 0 Å². The minimum atomic E-state index is 0.684. The average Bonchev–Trinajstić information content (AvgIpc) is 2.05. The van der Waals surface area contributed by atoms with Crippen molar-refractivity contribution in [3.63, 3.8) is 0 Å². The zero-order chi connectivity index (χ0) is 6.55. The van der Waals surface area contributed by atoms with Gasteiger partial charge >= 0.3 is 0 Å². The monoisotopic (exact) mass is 138 g/mol. The molecule has 1 nitrogen and oxygen atoms in total. The predicted octanol–water partition coefficient (Wildman–Crippen LogP) is 1.96. The van der Waals surface area contributed by atoms with Crippen molar-refractivity contribution in [2.75, 3.05) is 0 Å². The first-order valence-corrected chi connectivity index (χ1v) is 4.59. The summed E-state index contributed by atoms with van der Waals surface area (Å²) < 4.78 is 5.88. The molecule has 2 saturated carbocycles. The van der Waals surface area contributed by atoms with E-state index in [1.54, 1.807) is 0 Å². The summed E-state index contributed by atoms with van der Waals surface area (Å²) in [4.78, 5) is 0. The summed E-state index contributed by atoms with van der Waals surface area (Å²) in [6.07, 6.45) is 8.53. The van der Waals surface area contributed by atoms with Gasteiger partial charge in [0.1, 0.15) is 0 Å². The van der Waals surface area contributed by atoms with Crippen molar-refractivity contribution in [3.8, 4) is 0 Å². The summed E-state index contributed by atoms with van der Waals surface area (Å²) in [5, 5.41) is 0. The van der Waals surface area contributed by atoms with Crippen LogP contribution >= 0.6 is 0 Å². The molecule has 0 spiro atoms. The Bertz CT molecular complexity index is 121. The van der Waals surface area contributed by atoms with Crippen LogP contribution in [0.4, 0.5) is 0 Å². The Morgan fingerprint density at radius 2 is 1.40 bits per heavy atom. The molecule has 0 aromatic carbocycles. The van der Waals surface area contributed by atoms with E-state index in [1.807, 2.05) is 0 Å². The average molecular weight is 138 g/mol. The molecule has 0 N–H and O–H groups in total. The molecule has 3 heterocycles. The van der Waals surface area contributed by atoms with Gasteiger partial charge in [-0.25, -0.2) is 0 Å². The van der Waals surface area contributed by atoms with Crippen molar-refractivity contribution in [1.82, 2.24) is 0 Å². The first-order chi connectivity index (χ1) is 4.93. The number of rotatable bonds is 0. The van der Waals surface area contributed by atoms with E-state index in [1.165, 1.54) is 32.1 Å². The summed E-state index contributed by atoms with van der Waals surface area (Å²) in [5.74, 6) is 1.92. The van der Waals surface area contributed by atoms with Gasteiger partial charge in [0.05, 0.1) is 12.2 Å². The SMILES string of the molecule is C1CC2OC3CCC2CC13. The lowest BCUT2D eigenvalue weighted by atomic mass is 9.66. The molecule has 3 aliphatic heterocycles. The zero-order valence-electron chi connectivity index (χ0n) is 6.25. The highest BCUT2D eigenvalue weighted by Crippen LogP contribution is 2.48. The van der Waals surface area contributed by atoms with Crippen LogP contribution in [-0.2, 0) is 4.74 Å². The maximum atomic E-state index is 5.88. The molecular formula is C9H14O. The van der Waals surface area contributed by atoms with Gasteiger partial charge in [0.2, 0.25) is 0 Å². The van der Waals surface area contributed by atoms with Crippen LogP contribution in [0.5, 0.6) is 0 Å². The molecule has 10 heavy (non-hydrogen) atoms. The fourth-order valence-electron chi connectivity index (χ4n) is 3.11. The molecule has 4 atom stereocenters. The van der Waals surface area contributed by atoms with Crippen molar-refractivity contribution in [2.45, 2.75) is 44.3 Å². The van der Waals surface area contributed by atoms with E-state index in [2.05, 4.69) is 0 Å². The molecule has 0 radical (unpaired) electrons. The molecule has 3 saturated heterocycles. The molecule has 2 aliphatic carbocycles. The van der Waals surface area contributed by atoms with Crippen LogP contribution in [0.1, 0.15) is 32.1 Å². The van der Waals surface area contributed by atoms with E-state index in [9.17, 15) is 0 Å². The lowest BCUT2D eigenvalue weighted by Gasteiger charge is -2.52. The van der Waals surface area contributed by atoms with E-state index in [-0.39, 0.29) is 0 Å². The Kier molecular flexibility index (Phi) is 0.984. The van der Waals surface area contributed by atoms with Crippen molar-refractivity contribution in [3.05, 3.63) is 0 Å². The van der Waals surface area contributed by atoms with E-state index < -0.39 is 0 Å². The van der Waals surface area contributed by atoms with Crippen LogP contribution in [0.25, 0.3) is 0 Å². The van der Waals surface area contributed by atoms with Gasteiger partial charge in [-0.05, 0) is 43.9 Å². The Morgan fingerprint density at radius 1 is 0.800 bits per heavy atom. The van der Waals surface area contributed by atoms with E-state index in [0.717, 1.165) is 11.8 Å². The predicted molar refractivity (Wildman–Crippen MR) is 38.7 cm³/mol. The molecule has 5 fully saturated rings. The Morgan fingerprint density at radius 3 is 1.70 bits per heavy atom. The van der Waals surface area contributed by atoms with Crippen molar-refractivity contribution < 1.29 is 4.74 Å². The van der Waals surface area contributed by atoms with Crippen molar-refractivity contribution in [1.29, 1.82) is 0 Å². The summed E-state index contributed by atoms with van der Waals surface area (Å²) in [5.41, 5.74) is 0. The highest BCUT2D eigenvalue weighted by Gasteiger charge is 2.46. The third kappa shape index (κ3) is 0.572. The lowest BCUT2D eigenvalue weighted by Crippen LogP contribution is -2.50. The maximum absolute atomic E-state index is 5.88. The molecule has 4 unspecified atom stereocenters. The molecule has 56 valence electrons. The van der Waals surface area contributed by atoms with Gasteiger partial charge in [-0.15, -0.1) is 0 Å². The number of hydrogen-bond donors (Lipinski definition) is 0. The molecule has 4 bridgehead atoms. The fourth-order valence-corrected chi connectivity index (χ4v) is 3.11. The van der Waals surface area contributed by atoms with Gasteiger partial charge in [0.25, 0.3) is 0 Å².